The Morgan fingerprint density at radius 3 is 2.30 bits per heavy atom. The molecular formula is C20H23F2N3O4S. The Morgan fingerprint density at radius 1 is 1.03 bits per heavy atom. The molecule has 2 aromatic carbocycles. The van der Waals surface area contributed by atoms with Crippen LogP contribution in [-0.4, -0.2) is 69.9 Å². The summed E-state index contributed by atoms with van der Waals surface area (Å²) in [7, 11) is -2.06. The number of hydrogen-bond acceptors (Lipinski definition) is 5. The monoisotopic (exact) mass is 439 g/mol. The molecule has 0 radical (unpaired) electrons. The van der Waals surface area contributed by atoms with Gasteiger partial charge in [0.25, 0.3) is 5.91 Å². The number of carbonyl (C=O) groups is 1. The molecule has 162 valence electrons. The summed E-state index contributed by atoms with van der Waals surface area (Å²) in [6, 6.07) is 9.25. The summed E-state index contributed by atoms with van der Waals surface area (Å²) < 4.78 is 58.2. The number of hydrogen-bond donors (Lipinski definition) is 1. The lowest BCUT2D eigenvalue weighted by Gasteiger charge is -2.34. The van der Waals surface area contributed by atoms with E-state index in [1.807, 2.05) is 4.90 Å². The van der Waals surface area contributed by atoms with Crippen LogP contribution in [-0.2, 0) is 10.0 Å². The van der Waals surface area contributed by atoms with Crippen molar-refractivity contribution in [3.05, 3.63) is 59.7 Å². The van der Waals surface area contributed by atoms with Crippen LogP contribution in [0.3, 0.4) is 0 Å². The van der Waals surface area contributed by atoms with Gasteiger partial charge in [0.05, 0.1) is 12.0 Å². The predicted octanol–water partition coefficient (Wildman–Crippen LogP) is 1.71. The zero-order chi connectivity index (χ0) is 21.7. The molecule has 3 rings (SSSR count). The minimum absolute atomic E-state index is 0.0457. The first-order valence-electron chi connectivity index (χ1n) is 9.41. The topological polar surface area (TPSA) is 79.0 Å². The number of benzene rings is 2. The van der Waals surface area contributed by atoms with Crippen molar-refractivity contribution in [1.82, 2.24) is 14.5 Å². The Bertz CT molecular complexity index is 992. The standard InChI is InChI=1S/C20H23F2N3O4S/c1-29-16-3-5-17(6-4-16)30(27,28)25-12-10-24(11-13-25)9-8-23-20(26)15-2-7-18(21)19(22)14-15/h2-7,14H,8-13H2,1H3,(H,23,26). The van der Waals surface area contributed by atoms with Gasteiger partial charge in [0.2, 0.25) is 10.0 Å². The van der Waals surface area contributed by atoms with Gasteiger partial charge in [-0.1, -0.05) is 0 Å². The van der Waals surface area contributed by atoms with E-state index >= 15 is 0 Å². The molecule has 1 heterocycles. The fourth-order valence-electron chi connectivity index (χ4n) is 3.16. The van der Waals surface area contributed by atoms with Gasteiger partial charge >= 0.3 is 0 Å². The first-order chi connectivity index (χ1) is 14.3. The zero-order valence-corrected chi connectivity index (χ0v) is 17.3. The highest BCUT2D eigenvalue weighted by atomic mass is 32.2. The van der Waals surface area contributed by atoms with Crippen LogP contribution in [0.2, 0.25) is 0 Å². The number of amides is 1. The molecule has 30 heavy (non-hydrogen) atoms. The van der Waals surface area contributed by atoms with Crippen LogP contribution in [0.25, 0.3) is 0 Å². The third-order valence-electron chi connectivity index (χ3n) is 4.92. The first kappa shape index (κ1) is 22.1. The zero-order valence-electron chi connectivity index (χ0n) is 16.5. The van der Waals surface area contributed by atoms with E-state index in [4.69, 9.17) is 4.74 Å². The number of rotatable bonds is 7. The lowest BCUT2D eigenvalue weighted by atomic mass is 10.2. The van der Waals surface area contributed by atoms with Gasteiger partial charge in [-0.3, -0.25) is 9.69 Å². The number of nitrogens with one attached hydrogen (secondary N) is 1. The molecule has 1 amide bonds. The second kappa shape index (κ2) is 9.50. The quantitative estimate of drug-likeness (QED) is 0.711. The summed E-state index contributed by atoms with van der Waals surface area (Å²) in [5, 5.41) is 2.66. The normalized spacial score (nSPS) is 15.7. The lowest BCUT2D eigenvalue weighted by Crippen LogP contribution is -2.50. The number of nitrogens with zero attached hydrogens (tertiary/aromatic N) is 2. The summed E-state index contributed by atoms with van der Waals surface area (Å²) in [5.41, 5.74) is 0.0457. The summed E-state index contributed by atoms with van der Waals surface area (Å²) in [6.07, 6.45) is 0. The number of sulfonamides is 1. The van der Waals surface area contributed by atoms with Crippen LogP contribution in [0.4, 0.5) is 8.78 Å². The molecule has 0 bridgehead atoms. The third kappa shape index (κ3) is 5.13. The molecular weight excluding hydrogens is 416 g/mol. The van der Waals surface area contributed by atoms with Crippen molar-refractivity contribution < 1.29 is 26.7 Å². The van der Waals surface area contributed by atoms with Crippen molar-refractivity contribution in [3.63, 3.8) is 0 Å². The van der Waals surface area contributed by atoms with Crippen molar-refractivity contribution in [2.75, 3.05) is 46.4 Å². The van der Waals surface area contributed by atoms with E-state index in [2.05, 4.69) is 5.32 Å². The van der Waals surface area contributed by atoms with Gasteiger partial charge in [0.15, 0.2) is 11.6 Å². The SMILES string of the molecule is COc1ccc(S(=O)(=O)N2CCN(CCNC(=O)c3ccc(F)c(F)c3)CC2)cc1. The molecule has 1 fully saturated rings. The fraction of sp³-hybridized carbons (Fsp3) is 0.350. The van der Waals surface area contributed by atoms with Gasteiger partial charge < -0.3 is 10.1 Å². The number of halogens is 2. The largest absolute Gasteiger partial charge is 0.497 e. The molecule has 0 unspecified atom stereocenters. The van der Waals surface area contributed by atoms with E-state index in [0.29, 0.717) is 45.0 Å². The minimum atomic E-state index is -3.57. The van der Waals surface area contributed by atoms with Crippen LogP contribution >= 0.6 is 0 Å². The van der Waals surface area contributed by atoms with Gasteiger partial charge in [-0.05, 0) is 42.5 Å². The third-order valence-corrected chi connectivity index (χ3v) is 6.84. The molecule has 0 aromatic heterocycles. The smallest absolute Gasteiger partial charge is 0.251 e. The molecule has 0 saturated carbocycles. The molecule has 10 heteroatoms. The van der Waals surface area contributed by atoms with Gasteiger partial charge in [0.1, 0.15) is 5.75 Å². The molecule has 2 aromatic rings. The molecule has 7 nitrogen and oxygen atoms in total. The van der Waals surface area contributed by atoms with Gasteiger partial charge in [0, 0.05) is 44.8 Å². The summed E-state index contributed by atoms with van der Waals surface area (Å²) in [5.74, 6) is -1.98. The Kier molecular flexibility index (Phi) is 7.01. The molecule has 1 aliphatic rings. The number of carbonyl (C=O) groups excluding carboxylic acids is 1. The van der Waals surface area contributed by atoms with Crippen molar-refractivity contribution >= 4 is 15.9 Å². The highest BCUT2D eigenvalue weighted by Crippen LogP contribution is 2.20. The van der Waals surface area contributed by atoms with Gasteiger partial charge in [-0.15, -0.1) is 0 Å². The highest BCUT2D eigenvalue weighted by molar-refractivity contribution is 7.89. The van der Waals surface area contributed by atoms with E-state index in [1.54, 1.807) is 12.1 Å². The maximum atomic E-state index is 13.2. The van der Waals surface area contributed by atoms with Crippen LogP contribution in [0, 0.1) is 11.6 Å². The Labute approximate surface area is 174 Å². The summed E-state index contributed by atoms with van der Waals surface area (Å²) in [6.45, 7) is 2.55. The van der Waals surface area contributed by atoms with E-state index in [1.165, 1.54) is 29.6 Å². The van der Waals surface area contributed by atoms with Gasteiger partial charge in [-0.25, -0.2) is 17.2 Å². The van der Waals surface area contributed by atoms with Crippen LogP contribution in [0.15, 0.2) is 47.4 Å². The van der Waals surface area contributed by atoms with Crippen molar-refractivity contribution in [1.29, 1.82) is 0 Å². The molecule has 0 aliphatic carbocycles. The molecule has 1 aliphatic heterocycles. The Hall–Kier alpha value is -2.56. The second-order valence-corrected chi connectivity index (χ2v) is 8.74. The van der Waals surface area contributed by atoms with Crippen molar-refractivity contribution in [3.8, 4) is 5.75 Å². The molecule has 1 N–H and O–H groups in total. The van der Waals surface area contributed by atoms with E-state index in [-0.39, 0.29) is 10.5 Å². The van der Waals surface area contributed by atoms with E-state index in [0.717, 1.165) is 12.1 Å². The van der Waals surface area contributed by atoms with Crippen molar-refractivity contribution in [2.45, 2.75) is 4.90 Å². The minimum Gasteiger partial charge on any atom is -0.497 e. The lowest BCUT2D eigenvalue weighted by molar-refractivity contribution is 0.0944. The van der Waals surface area contributed by atoms with E-state index in [9.17, 15) is 22.0 Å². The number of piperazine rings is 1. The average Bonchev–Trinajstić information content (AvgIpc) is 2.76. The van der Waals surface area contributed by atoms with Crippen LogP contribution in [0.1, 0.15) is 10.4 Å². The average molecular weight is 439 g/mol. The summed E-state index contributed by atoms with van der Waals surface area (Å²) >= 11 is 0. The van der Waals surface area contributed by atoms with Crippen molar-refractivity contribution in [2.24, 2.45) is 0 Å². The molecule has 0 atom stereocenters. The second-order valence-electron chi connectivity index (χ2n) is 6.81. The number of ether oxygens (including phenoxy) is 1. The van der Waals surface area contributed by atoms with Gasteiger partial charge in [-0.2, -0.15) is 4.31 Å². The Morgan fingerprint density at radius 2 is 1.70 bits per heavy atom. The highest BCUT2D eigenvalue weighted by Gasteiger charge is 2.28. The maximum absolute atomic E-state index is 13.2. The Balaban J connectivity index is 1.47. The fourth-order valence-corrected chi connectivity index (χ4v) is 4.58. The van der Waals surface area contributed by atoms with Crippen LogP contribution in [0.5, 0.6) is 5.75 Å². The maximum Gasteiger partial charge on any atom is 0.251 e. The summed E-state index contributed by atoms with van der Waals surface area (Å²) in [4.78, 5) is 14.3. The van der Waals surface area contributed by atoms with Crippen LogP contribution < -0.4 is 10.1 Å². The number of methoxy groups -OCH3 is 1. The van der Waals surface area contributed by atoms with E-state index < -0.39 is 27.6 Å². The molecule has 0 spiro atoms. The first-order valence-corrected chi connectivity index (χ1v) is 10.8. The predicted molar refractivity (Wildman–Crippen MR) is 107 cm³/mol. The molecule has 1 saturated heterocycles.